The van der Waals surface area contributed by atoms with Crippen LogP contribution in [0.5, 0.6) is 0 Å². The molecule has 0 aromatic heterocycles. The van der Waals surface area contributed by atoms with E-state index in [-0.39, 0.29) is 4.90 Å². The Balaban J connectivity index is 2.16. The first-order valence-electron chi connectivity index (χ1n) is 10.4. The molecule has 0 saturated carbocycles. The smallest absolute Gasteiger partial charge is 0.282 e. The highest BCUT2D eigenvalue weighted by molar-refractivity contribution is 7.85. The van der Waals surface area contributed by atoms with E-state index >= 15 is 0 Å². The Morgan fingerprint density at radius 2 is 1.19 bits per heavy atom. The zero-order valence-electron chi connectivity index (χ0n) is 17.0. The van der Waals surface area contributed by atoms with E-state index in [4.69, 9.17) is 0 Å². The minimum Gasteiger partial charge on any atom is -0.282 e. The van der Waals surface area contributed by atoms with Gasteiger partial charge in [-0.1, -0.05) is 83.6 Å². The lowest BCUT2D eigenvalue weighted by Crippen LogP contribution is -2.04. The Morgan fingerprint density at radius 1 is 0.731 bits per heavy atom. The Kier molecular flexibility index (Phi) is 11.1. The van der Waals surface area contributed by atoms with Gasteiger partial charge in [-0.25, -0.2) is 0 Å². The number of aryl methyl sites for hydroxylation is 1. The molecule has 0 radical (unpaired) electrons. The van der Waals surface area contributed by atoms with Crippen LogP contribution < -0.4 is 0 Å². The highest BCUT2D eigenvalue weighted by Gasteiger charge is 2.15. The van der Waals surface area contributed by atoms with Gasteiger partial charge in [-0.15, -0.1) is 0 Å². The molecule has 0 heterocycles. The van der Waals surface area contributed by atoms with Crippen LogP contribution in [-0.4, -0.2) is 13.0 Å². The molecule has 1 aromatic carbocycles. The van der Waals surface area contributed by atoms with E-state index in [0.717, 1.165) is 18.4 Å². The molecule has 0 spiro atoms. The van der Waals surface area contributed by atoms with Crippen LogP contribution in [0.4, 0.5) is 0 Å². The molecule has 0 fully saturated rings. The first-order chi connectivity index (χ1) is 12.4. The van der Waals surface area contributed by atoms with Gasteiger partial charge in [0.1, 0.15) is 0 Å². The second-order valence-electron chi connectivity index (χ2n) is 7.59. The van der Waals surface area contributed by atoms with Crippen LogP contribution in [0.1, 0.15) is 101 Å². The molecule has 0 aliphatic heterocycles. The Morgan fingerprint density at radius 3 is 1.65 bits per heavy atom. The van der Waals surface area contributed by atoms with Crippen LogP contribution in [0.25, 0.3) is 0 Å². The minimum atomic E-state index is -4.12. The summed E-state index contributed by atoms with van der Waals surface area (Å²) in [6.07, 6.45) is 17.0. The maximum absolute atomic E-state index is 11.3. The molecule has 0 aliphatic rings. The molecule has 0 aliphatic carbocycles. The van der Waals surface area contributed by atoms with Crippen molar-refractivity contribution in [2.24, 2.45) is 0 Å². The van der Waals surface area contributed by atoms with E-state index in [0.29, 0.717) is 5.56 Å². The van der Waals surface area contributed by atoms with Crippen LogP contribution in [0.15, 0.2) is 17.0 Å². The van der Waals surface area contributed by atoms with Gasteiger partial charge in [-0.3, -0.25) is 4.55 Å². The number of rotatable bonds is 14. The summed E-state index contributed by atoms with van der Waals surface area (Å²) in [6, 6.07) is 3.39. The fourth-order valence-electron chi connectivity index (χ4n) is 3.56. The molecule has 1 rings (SSSR count). The van der Waals surface area contributed by atoms with E-state index in [2.05, 4.69) is 6.92 Å². The second kappa shape index (κ2) is 12.5. The van der Waals surface area contributed by atoms with E-state index < -0.39 is 10.1 Å². The lowest BCUT2D eigenvalue weighted by Gasteiger charge is -2.12. The predicted molar refractivity (Wildman–Crippen MR) is 111 cm³/mol. The van der Waals surface area contributed by atoms with Crippen LogP contribution in [-0.2, 0) is 16.5 Å². The first-order valence-corrected chi connectivity index (χ1v) is 11.9. The van der Waals surface area contributed by atoms with E-state index in [9.17, 15) is 13.0 Å². The standard InChI is InChI=1S/C22H38O3S/c1-4-5-6-7-8-9-10-11-12-13-14-15-16-21-17-18-22(26(23,24)25)20(3)19(21)2/h17-18H,4-16H2,1-3H3,(H,23,24,25). The molecule has 0 atom stereocenters. The van der Waals surface area contributed by atoms with Gasteiger partial charge in [0.25, 0.3) is 10.1 Å². The van der Waals surface area contributed by atoms with Gasteiger partial charge >= 0.3 is 0 Å². The van der Waals surface area contributed by atoms with Gasteiger partial charge in [0.05, 0.1) is 4.90 Å². The van der Waals surface area contributed by atoms with Crippen molar-refractivity contribution in [2.75, 3.05) is 0 Å². The number of benzene rings is 1. The number of hydrogen-bond acceptors (Lipinski definition) is 2. The highest BCUT2D eigenvalue weighted by Crippen LogP contribution is 2.23. The topological polar surface area (TPSA) is 54.4 Å². The summed E-state index contributed by atoms with van der Waals surface area (Å²) in [5.74, 6) is 0. The molecule has 1 N–H and O–H groups in total. The van der Waals surface area contributed by atoms with Crippen molar-refractivity contribution in [1.29, 1.82) is 0 Å². The Bertz CT molecular complexity index is 621. The number of hydrogen-bond donors (Lipinski definition) is 1. The van der Waals surface area contributed by atoms with E-state index in [1.165, 1.54) is 82.3 Å². The quantitative estimate of drug-likeness (QED) is 0.284. The Labute approximate surface area is 161 Å². The van der Waals surface area contributed by atoms with E-state index in [1.54, 1.807) is 6.92 Å². The average molecular weight is 383 g/mol. The third kappa shape index (κ3) is 8.68. The average Bonchev–Trinajstić information content (AvgIpc) is 2.58. The molecular formula is C22H38O3S. The normalized spacial score (nSPS) is 11.8. The summed E-state index contributed by atoms with van der Waals surface area (Å²) in [7, 11) is -4.12. The van der Waals surface area contributed by atoms with Crippen molar-refractivity contribution in [1.82, 2.24) is 0 Å². The molecule has 0 bridgehead atoms. The molecule has 150 valence electrons. The lowest BCUT2D eigenvalue weighted by atomic mass is 9.98. The van der Waals surface area contributed by atoms with Crippen molar-refractivity contribution in [3.05, 3.63) is 28.8 Å². The van der Waals surface area contributed by atoms with Crippen molar-refractivity contribution in [3.8, 4) is 0 Å². The molecule has 26 heavy (non-hydrogen) atoms. The second-order valence-corrected chi connectivity index (χ2v) is 8.98. The maximum Gasteiger partial charge on any atom is 0.294 e. The largest absolute Gasteiger partial charge is 0.294 e. The predicted octanol–water partition coefficient (Wildman–Crippen LogP) is 6.79. The summed E-state index contributed by atoms with van der Waals surface area (Å²) in [5, 5.41) is 0. The minimum absolute atomic E-state index is 0.0356. The summed E-state index contributed by atoms with van der Waals surface area (Å²) < 4.78 is 31.9. The van der Waals surface area contributed by atoms with Crippen molar-refractivity contribution in [2.45, 2.75) is 109 Å². The van der Waals surface area contributed by atoms with Crippen molar-refractivity contribution < 1.29 is 13.0 Å². The highest BCUT2D eigenvalue weighted by atomic mass is 32.2. The van der Waals surface area contributed by atoms with Crippen LogP contribution in [0.3, 0.4) is 0 Å². The zero-order valence-corrected chi connectivity index (χ0v) is 17.8. The SMILES string of the molecule is CCCCCCCCCCCCCCc1ccc(S(=O)(=O)O)c(C)c1C. The maximum atomic E-state index is 11.3. The molecule has 4 heteroatoms. The summed E-state index contributed by atoms with van der Waals surface area (Å²) in [5.41, 5.74) is 2.86. The van der Waals surface area contributed by atoms with Gasteiger partial charge in [0, 0.05) is 0 Å². The van der Waals surface area contributed by atoms with Gasteiger partial charge < -0.3 is 0 Å². The molecule has 0 unspecified atom stereocenters. The summed E-state index contributed by atoms with van der Waals surface area (Å²) in [6.45, 7) is 5.97. The molecule has 1 aromatic rings. The van der Waals surface area contributed by atoms with Gasteiger partial charge in [0.15, 0.2) is 0 Å². The van der Waals surface area contributed by atoms with Gasteiger partial charge in [-0.05, 0) is 49.4 Å². The summed E-state index contributed by atoms with van der Waals surface area (Å²) in [4.78, 5) is 0.0356. The Hall–Kier alpha value is -0.870. The summed E-state index contributed by atoms with van der Waals surface area (Å²) >= 11 is 0. The van der Waals surface area contributed by atoms with Gasteiger partial charge in [0.2, 0.25) is 0 Å². The van der Waals surface area contributed by atoms with Crippen LogP contribution in [0, 0.1) is 13.8 Å². The van der Waals surface area contributed by atoms with Crippen LogP contribution in [0.2, 0.25) is 0 Å². The fourth-order valence-corrected chi connectivity index (χ4v) is 4.34. The van der Waals surface area contributed by atoms with Crippen LogP contribution >= 0.6 is 0 Å². The number of unbranched alkanes of at least 4 members (excludes halogenated alkanes) is 11. The zero-order chi connectivity index (χ0) is 19.4. The molecule has 0 amide bonds. The fraction of sp³-hybridized carbons (Fsp3) is 0.727. The molecular weight excluding hydrogens is 344 g/mol. The monoisotopic (exact) mass is 382 g/mol. The lowest BCUT2D eigenvalue weighted by molar-refractivity contribution is 0.482. The third-order valence-electron chi connectivity index (χ3n) is 5.43. The first kappa shape index (κ1) is 23.2. The molecule has 0 saturated heterocycles. The van der Waals surface area contributed by atoms with E-state index in [1.807, 2.05) is 13.0 Å². The molecule has 3 nitrogen and oxygen atoms in total. The van der Waals surface area contributed by atoms with Crippen molar-refractivity contribution in [3.63, 3.8) is 0 Å². The van der Waals surface area contributed by atoms with Crippen molar-refractivity contribution >= 4 is 10.1 Å². The third-order valence-corrected chi connectivity index (χ3v) is 6.43. The van der Waals surface area contributed by atoms with Gasteiger partial charge in [-0.2, -0.15) is 8.42 Å².